The third kappa shape index (κ3) is 3.83. The number of carbonyl (C=O) groups is 2. The summed E-state index contributed by atoms with van der Waals surface area (Å²) >= 11 is 0. The Labute approximate surface area is 113 Å². The topological polar surface area (TPSA) is 72.9 Å². The van der Waals surface area contributed by atoms with E-state index in [1.807, 2.05) is 0 Å². The van der Waals surface area contributed by atoms with Crippen LogP contribution in [0, 0.1) is 0 Å². The fourth-order valence-electron chi connectivity index (χ4n) is 2.86. The van der Waals surface area contributed by atoms with Crippen molar-refractivity contribution in [1.82, 2.24) is 15.1 Å². The van der Waals surface area contributed by atoms with Crippen LogP contribution in [0.3, 0.4) is 0 Å². The number of carboxylic acid groups (broad SMARTS) is 1. The predicted octanol–water partition coefficient (Wildman–Crippen LogP) is 0.731. The highest BCUT2D eigenvalue weighted by Crippen LogP contribution is 2.17. The zero-order valence-electron chi connectivity index (χ0n) is 11.3. The maximum absolute atomic E-state index is 12.0. The van der Waals surface area contributed by atoms with Crippen LogP contribution in [0.5, 0.6) is 0 Å². The second-order valence-electron chi connectivity index (χ2n) is 5.32. The number of urea groups is 1. The maximum atomic E-state index is 12.0. The molecule has 0 bridgehead atoms. The van der Waals surface area contributed by atoms with Gasteiger partial charge in [-0.3, -0.25) is 0 Å². The number of hydrogen-bond donors (Lipinski definition) is 2. The van der Waals surface area contributed by atoms with Crippen LogP contribution in [0.4, 0.5) is 4.79 Å². The lowest BCUT2D eigenvalue weighted by atomic mass is 10.0. The Bertz CT molecular complexity index is 329. The van der Waals surface area contributed by atoms with Crippen molar-refractivity contribution in [3.05, 3.63) is 0 Å². The number of nitrogens with one attached hydrogen (secondary N) is 1. The minimum Gasteiger partial charge on any atom is -0.480 e. The van der Waals surface area contributed by atoms with Gasteiger partial charge in [0.1, 0.15) is 6.04 Å². The van der Waals surface area contributed by atoms with E-state index >= 15 is 0 Å². The van der Waals surface area contributed by atoms with Gasteiger partial charge >= 0.3 is 12.0 Å². The summed E-state index contributed by atoms with van der Waals surface area (Å²) in [4.78, 5) is 26.9. The summed E-state index contributed by atoms with van der Waals surface area (Å²) in [5.41, 5.74) is 0. The summed E-state index contributed by atoms with van der Waals surface area (Å²) in [6.07, 6.45) is 4.81. The number of hydrogen-bond acceptors (Lipinski definition) is 3. The molecule has 2 rings (SSSR count). The van der Waals surface area contributed by atoms with Crippen molar-refractivity contribution >= 4 is 12.0 Å². The van der Waals surface area contributed by atoms with E-state index in [1.165, 1.54) is 17.7 Å². The number of carboxylic acids is 1. The summed E-state index contributed by atoms with van der Waals surface area (Å²) in [7, 11) is 0. The molecule has 2 aliphatic heterocycles. The summed E-state index contributed by atoms with van der Waals surface area (Å²) < 4.78 is 0. The minimum atomic E-state index is -0.894. The Kier molecular flexibility index (Phi) is 5.01. The molecule has 0 aliphatic carbocycles. The van der Waals surface area contributed by atoms with Crippen molar-refractivity contribution in [2.45, 2.75) is 38.1 Å². The first-order chi connectivity index (χ1) is 9.18. The van der Waals surface area contributed by atoms with E-state index in [1.54, 1.807) is 0 Å². The molecule has 2 aliphatic rings. The first-order valence-electron chi connectivity index (χ1n) is 7.18. The second-order valence-corrected chi connectivity index (χ2v) is 5.32. The van der Waals surface area contributed by atoms with E-state index in [0.717, 1.165) is 32.5 Å². The van der Waals surface area contributed by atoms with E-state index in [-0.39, 0.29) is 6.03 Å². The predicted molar refractivity (Wildman–Crippen MR) is 71.1 cm³/mol. The van der Waals surface area contributed by atoms with Gasteiger partial charge in [-0.15, -0.1) is 0 Å². The van der Waals surface area contributed by atoms with Crippen molar-refractivity contribution < 1.29 is 14.7 Å². The summed E-state index contributed by atoms with van der Waals surface area (Å²) in [6, 6.07) is -0.883. The monoisotopic (exact) mass is 269 g/mol. The van der Waals surface area contributed by atoms with Crippen LogP contribution in [-0.2, 0) is 4.79 Å². The van der Waals surface area contributed by atoms with Crippen molar-refractivity contribution in [1.29, 1.82) is 0 Å². The molecule has 2 heterocycles. The van der Waals surface area contributed by atoms with Gasteiger partial charge in [-0.25, -0.2) is 9.59 Å². The fourth-order valence-corrected chi connectivity index (χ4v) is 2.86. The molecule has 0 spiro atoms. The van der Waals surface area contributed by atoms with E-state index < -0.39 is 12.0 Å². The number of aliphatic carboxylic acids is 1. The van der Waals surface area contributed by atoms with E-state index in [9.17, 15) is 9.59 Å². The molecule has 2 N–H and O–H groups in total. The standard InChI is InChI=1S/C13H23N3O3/c17-12(18)11-5-1-2-9-16(11)13(19)14-6-10-15-7-3-4-8-15/h11H,1-10H2,(H,14,19)(H,17,18). The van der Waals surface area contributed by atoms with E-state index in [0.29, 0.717) is 19.5 Å². The maximum Gasteiger partial charge on any atom is 0.326 e. The normalized spacial score (nSPS) is 24.4. The van der Waals surface area contributed by atoms with Gasteiger partial charge in [0, 0.05) is 19.6 Å². The molecule has 0 aromatic rings. The average Bonchev–Trinajstić information content (AvgIpc) is 2.91. The number of rotatable bonds is 4. The summed E-state index contributed by atoms with van der Waals surface area (Å²) in [5.74, 6) is -0.894. The Balaban J connectivity index is 1.75. The molecular weight excluding hydrogens is 246 g/mol. The first kappa shape index (κ1) is 14.1. The highest BCUT2D eigenvalue weighted by atomic mass is 16.4. The third-order valence-corrected chi connectivity index (χ3v) is 3.95. The number of likely N-dealkylation sites (tertiary alicyclic amines) is 2. The van der Waals surface area contributed by atoms with Crippen molar-refractivity contribution in [3.63, 3.8) is 0 Å². The molecule has 2 amide bonds. The number of carbonyl (C=O) groups excluding carboxylic acids is 1. The molecule has 1 unspecified atom stereocenters. The van der Waals surface area contributed by atoms with Gasteiger partial charge in [-0.05, 0) is 45.2 Å². The summed E-state index contributed by atoms with van der Waals surface area (Å²) in [5, 5.41) is 12.0. The Morgan fingerprint density at radius 3 is 2.47 bits per heavy atom. The third-order valence-electron chi connectivity index (χ3n) is 3.95. The zero-order chi connectivity index (χ0) is 13.7. The SMILES string of the molecule is O=C(O)C1CCCCN1C(=O)NCCN1CCCC1. The zero-order valence-corrected chi connectivity index (χ0v) is 11.3. The van der Waals surface area contributed by atoms with E-state index in [2.05, 4.69) is 10.2 Å². The van der Waals surface area contributed by atoms with Crippen LogP contribution < -0.4 is 5.32 Å². The smallest absolute Gasteiger partial charge is 0.326 e. The van der Waals surface area contributed by atoms with Crippen LogP contribution >= 0.6 is 0 Å². The Hall–Kier alpha value is -1.30. The highest BCUT2D eigenvalue weighted by molar-refractivity contribution is 5.82. The van der Waals surface area contributed by atoms with Crippen LogP contribution in [-0.4, -0.2) is 65.7 Å². The molecule has 19 heavy (non-hydrogen) atoms. The van der Waals surface area contributed by atoms with Crippen LogP contribution in [0.1, 0.15) is 32.1 Å². The van der Waals surface area contributed by atoms with Crippen LogP contribution in [0.2, 0.25) is 0 Å². The van der Waals surface area contributed by atoms with Crippen LogP contribution in [0.15, 0.2) is 0 Å². The second kappa shape index (κ2) is 6.75. The quantitative estimate of drug-likeness (QED) is 0.789. The molecule has 0 aromatic carbocycles. The number of amides is 2. The lowest BCUT2D eigenvalue weighted by molar-refractivity contribution is -0.143. The minimum absolute atomic E-state index is 0.230. The molecule has 0 radical (unpaired) electrons. The first-order valence-corrected chi connectivity index (χ1v) is 7.18. The van der Waals surface area contributed by atoms with E-state index in [4.69, 9.17) is 5.11 Å². The molecule has 6 nitrogen and oxygen atoms in total. The van der Waals surface area contributed by atoms with Gasteiger partial charge in [0.15, 0.2) is 0 Å². The molecule has 2 fully saturated rings. The van der Waals surface area contributed by atoms with Gasteiger partial charge in [0.25, 0.3) is 0 Å². The molecule has 2 saturated heterocycles. The molecule has 6 heteroatoms. The van der Waals surface area contributed by atoms with Crippen molar-refractivity contribution in [2.24, 2.45) is 0 Å². The Morgan fingerprint density at radius 2 is 1.79 bits per heavy atom. The summed E-state index contributed by atoms with van der Waals surface area (Å²) in [6.45, 7) is 4.22. The molecule has 0 saturated carbocycles. The van der Waals surface area contributed by atoms with Crippen molar-refractivity contribution in [2.75, 3.05) is 32.7 Å². The lowest BCUT2D eigenvalue weighted by Gasteiger charge is -2.33. The lowest BCUT2D eigenvalue weighted by Crippen LogP contribution is -2.52. The van der Waals surface area contributed by atoms with Crippen LogP contribution in [0.25, 0.3) is 0 Å². The average molecular weight is 269 g/mol. The van der Waals surface area contributed by atoms with Gasteiger partial charge < -0.3 is 20.2 Å². The molecule has 0 aromatic heterocycles. The highest BCUT2D eigenvalue weighted by Gasteiger charge is 2.31. The fraction of sp³-hybridized carbons (Fsp3) is 0.846. The van der Waals surface area contributed by atoms with Gasteiger partial charge in [-0.1, -0.05) is 0 Å². The van der Waals surface area contributed by atoms with Gasteiger partial charge in [0.2, 0.25) is 0 Å². The largest absolute Gasteiger partial charge is 0.480 e. The Morgan fingerprint density at radius 1 is 1.11 bits per heavy atom. The van der Waals surface area contributed by atoms with Gasteiger partial charge in [-0.2, -0.15) is 0 Å². The van der Waals surface area contributed by atoms with Gasteiger partial charge in [0.05, 0.1) is 0 Å². The molecule has 108 valence electrons. The number of piperidine rings is 1. The number of nitrogens with zero attached hydrogens (tertiary/aromatic N) is 2. The van der Waals surface area contributed by atoms with Crippen molar-refractivity contribution in [3.8, 4) is 0 Å². The molecular formula is C13H23N3O3. The molecule has 1 atom stereocenters.